The quantitative estimate of drug-likeness (QED) is 0.482. The molecule has 6 nitrogen and oxygen atoms in total. The zero-order valence-corrected chi connectivity index (χ0v) is 20.4. The van der Waals surface area contributed by atoms with Gasteiger partial charge >= 0.3 is 0 Å². The van der Waals surface area contributed by atoms with Crippen LogP contribution in [0.1, 0.15) is 38.8 Å². The summed E-state index contributed by atoms with van der Waals surface area (Å²) < 4.78 is 33.6. The first-order chi connectivity index (χ1) is 15.4. The minimum absolute atomic E-state index is 0.0384. The van der Waals surface area contributed by atoms with E-state index in [2.05, 4.69) is 30.8 Å². The fraction of sp³-hybridized carbons (Fsp3) is 0.269. The van der Waals surface area contributed by atoms with Crippen LogP contribution >= 0.6 is 0 Å². The normalized spacial score (nSPS) is 12.6. The number of hydrogen-bond donors (Lipinski definition) is 2. The number of nitrogens with one attached hydrogen (secondary N) is 2. The Morgan fingerprint density at radius 1 is 0.909 bits per heavy atom. The SMILES string of the molecule is Cc1cccc(NS(=O)(=O)c2ccc(NC(=O)C(C)Oc3ccc(C(C)(C)C)cc3)cc2)c1. The Kier molecular flexibility index (Phi) is 7.12. The van der Waals surface area contributed by atoms with Gasteiger partial charge in [-0.25, -0.2) is 8.42 Å². The highest BCUT2D eigenvalue weighted by molar-refractivity contribution is 7.92. The van der Waals surface area contributed by atoms with E-state index in [1.165, 1.54) is 17.7 Å². The van der Waals surface area contributed by atoms with E-state index < -0.39 is 16.1 Å². The molecule has 0 heterocycles. The minimum atomic E-state index is -3.73. The summed E-state index contributed by atoms with van der Waals surface area (Å²) in [4.78, 5) is 12.6. The Morgan fingerprint density at radius 3 is 2.12 bits per heavy atom. The lowest BCUT2D eigenvalue weighted by Gasteiger charge is -2.20. The Labute approximate surface area is 196 Å². The molecule has 3 rings (SSSR count). The maximum Gasteiger partial charge on any atom is 0.265 e. The molecule has 0 aliphatic heterocycles. The third-order valence-corrected chi connectivity index (χ3v) is 6.50. The molecule has 174 valence electrons. The van der Waals surface area contributed by atoms with Gasteiger partial charge in [-0.2, -0.15) is 0 Å². The van der Waals surface area contributed by atoms with Crippen LogP contribution in [0.15, 0.2) is 77.7 Å². The Bertz CT molecular complexity index is 1210. The first-order valence-corrected chi connectivity index (χ1v) is 12.2. The van der Waals surface area contributed by atoms with Crippen LogP contribution in [0, 0.1) is 6.92 Å². The summed E-state index contributed by atoms with van der Waals surface area (Å²) in [5.41, 5.74) is 3.15. The number of rotatable bonds is 7. The van der Waals surface area contributed by atoms with Crippen LogP contribution in [0.4, 0.5) is 11.4 Å². The third-order valence-electron chi connectivity index (χ3n) is 5.10. The molecule has 0 radical (unpaired) electrons. The van der Waals surface area contributed by atoms with Crippen molar-refractivity contribution in [2.75, 3.05) is 10.0 Å². The van der Waals surface area contributed by atoms with Gasteiger partial charge in [-0.15, -0.1) is 0 Å². The van der Waals surface area contributed by atoms with E-state index in [-0.39, 0.29) is 16.2 Å². The average molecular weight is 467 g/mol. The Morgan fingerprint density at radius 2 is 1.55 bits per heavy atom. The van der Waals surface area contributed by atoms with E-state index in [0.717, 1.165) is 5.56 Å². The van der Waals surface area contributed by atoms with Gasteiger partial charge in [-0.05, 0) is 78.9 Å². The zero-order chi connectivity index (χ0) is 24.2. The van der Waals surface area contributed by atoms with Crippen molar-refractivity contribution in [2.24, 2.45) is 0 Å². The van der Waals surface area contributed by atoms with Gasteiger partial charge in [0.05, 0.1) is 4.90 Å². The first-order valence-electron chi connectivity index (χ1n) is 10.7. The molecule has 0 aliphatic rings. The molecule has 0 saturated carbocycles. The van der Waals surface area contributed by atoms with E-state index in [9.17, 15) is 13.2 Å². The summed E-state index contributed by atoms with van der Waals surface area (Å²) in [6.07, 6.45) is -0.725. The van der Waals surface area contributed by atoms with Gasteiger partial charge in [0.25, 0.3) is 15.9 Å². The zero-order valence-electron chi connectivity index (χ0n) is 19.5. The lowest BCUT2D eigenvalue weighted by Crippen LogP contribution is -2.30. The molecule has 1 atom stereocenters. The van der Waals surface area contributed by atoms with Crippen molar-refractivity contribution in [3.8, 4) is 5.75 Å². The lowest BCUT2D eigenvalue weighted by atomic mass is 9.87. The van der Waals surface area contributed by atoms with Crippen molar-refractivity contribution < 1.29 is 17.9 Å². The van der Waals surface area contributed by atoms with Crippen LogP contribution in [0.25, 0.3) is 0 Å². The highest BCUT2D eigenvalue weighted by Gasteiger charge is 2.18. The van der Waals surface area contributed by atoms with Crippen molar-refractivity contribution >= 4 is 27.3 Å². The van der Waals surface area contributed by atoms with Crippen molar-refractivity contribution in [2.45, 2.75) is 51.0 Å². The van der Waals surface area contributed by atoms with E-state index in [1.54, 1.807) is 37.3 Å². The molecule has 1 amide bonds. The van der Waals surface area contributed by atoms with Gasteiger partial charge in [0, 0.05) is 11.4 Å². The molecule has 0 fully saturated rings. The summed E-state index contributed by atoms with van der Waals surface area (Å²) in [5, 5.41) is 2.75. The van der Waals surface area contributed by atoms with Gasteiger partial charge in [-0.3, -0.25) is 9.52 Å². The Balaban J connectivity index is 1.61. The van der Waals surface area contributed by atoms with Gasteiger partial charge in [0.2, 0.25) is 0 Å². The summed E-state index contributed by atoms with van der Waals surface area (Å²) in [5.74, 6) is 0.276. The fourth-order valence-corrected chi connectivity index (χ4v) is 4.22. The van der Waals surface area contributed by atoms with E-state index >= 15 is 0 Å². The van der Waals surface area contributed by atoms with Gasteiger partial charge in [-0.1, -0.05) is 45.0 Å². The highest BCUT2D eigenvalue weighted by atomic mass is 32.2. The van der Waals surface area contributed by atoms with Gasteiger partial charge < -0.3 is 10.1 Å². The molecule has 2 N–H and O–H groups in total. The van der Waals surface area contributed by atoms with E-state index in [1.807, 2.05) is 37.3 Å². The smallest absolute Gasteiger partial charge is 0.265 e. The fourth-order valence-electron chi connectivity index (χ4n) is 3.18. The monoisotopic (exact) mass is 466 g/mol. The second-order valence-electron chi connectivity index (χ2n) is 9.02. The minimum Gasteiger partial charge on any atom is -0.481 e. The number of anilines is 2. The molecule has 0 aromatic heterocycles. The van der Waals surface area contributed by atoms with Crippen LogP contribution in [0.3, 0.4) is 0 Å². The molecule has 0 aliphatic carbocycles. The summed E-state index contributed by atoms with van der Waals surface area (Å²) in [7, 11) is -3.73. The van der Waals surface area contributed by atoms with Crippen LogP contribution in [-0.2, 0) is 20.2 Å². The largest absolute Gasteiger partial charge is 0.481 e. The molecule has 33 heavy (non-hydrogen) atoms. The molecular weight excluding hydrogens is 436 g/mol. The number of aryl methyl sites for hydroxylation is 1. The summed E-state index contributed by atoms with van der Waals surface area (Å²) in [6.45, 7) is 9.95. The Hall–Kier alpha value is -3.32. The van der Waals surface area contributed by atoms with Crippen LogP contribution < -0.4 is 14.8 Å². The van der Waals surface area contributed by atoms with Crippen molar-refractivity contribution in [3.63, 3.8) is 0 Å². The number of sulfonamides is 1. The van der Waals surface area contributed by atoms with Crippen molar-refractivity contribution in [1.29, 1.82) is 0 Å². The second-order valence-corrected chi connectivity index (χ2v) is 10.7. The topological polar surface area (TPSA) is 84.5 Å². The van der Waals surface area contributed by atoms with Gasteiger partial charge in [0.1, 0.15) is 5.75 Å². The molecule has 3 aromatic rings. The predicted molar refractivity (Wildman–Crippen MR) is 132 cm³/mol. The first kappa shape index (κ1) is 24.3. The van der Waals surface area contributed by atoms with Crippen LogP contribution in [0.5, 0.6) is 5.75 Å². The maximum absolute atomic E-state index is 12.6. The van der Waals surface area contributed by atoms with E-state index in [0.29, 0.717) is 17.1 Å². The van der Waals surface area contributed by atoms with Gasteiger partial charge in [0.15, 0.2) is 6.10 Å². The summed E-state index contributed by atoms with van der Waals surface area (Å²) >= 11 is 0. The number of carbonyl (C=O) groups excluding carboxylic acids is 1. The number of amides is 1. The summed E-state index contributed by atoms with van der Waals surface area (Å²) in [6, 6.07) is 20.8. The van der Waals surface area contributed by atoms with Crippen molar-refractivity contribution in [3.05, 3.63) is 83.9 Å². The van der Waals surface area contributed by atoms with Crippen LogP contribution in [-0.4, -0.2) is 20.4 Å². The van der Waals surface area contributed by atoms with Crippen LogP contribution in [0.2, 0.25) is 0 Å². The molecular formula is C26H30N2O4S. The lowest BCUT2D eigenvalue weighted by molar-refractivity contribution is -0.122. The number of benzene rings is 3. The maximum atomic E-state index is 12.6. The van der Waals surface area contributed by atoms with E-state index in [4.69, 9.17) is 4.74 Å². The number of hydrogen-bond acceptors (Lipinski definition) is 4. The number of carbonyl (C=O) groups is 1. The standard InChI is InChI=1S/C26H30N2O4S/c1-18-7-6-8-22(17-18)28-33(30,31)24-15-11-21(12-16-24)27-25(29)19(2)32-23-13-9-20(10-14-23)26(3,4)5/h6-17,19,28H,1-5H3,(H,27,29). The predicted octanol–water partition coefficient (Wildman–Crippen LogP) is 5.50. The van der Waals surface area contributed by atoms with Crippen molar-refractivity contribution in [1.82, 2.24) is 0 Å². The molecule has 7 heteroatoms. The molecule has 1 unspecified atom stereocenters. The molecule has 0 saturated heterocycles. The third kappa shape index (κ3) is 6.58. The second kappa shape index (κ2) is 9.67. The molecule has 0 bridgehead atoms. The molecule has 3 aromatic carbocycles. The molecule has 0 spiro atoms. The highest BCUT2D eigenvalue weighted by Crippen LogP contribution is 2.25. The average Bonchev–Trinajstić information content (AvgIpc) is 2.73. The number of ether oxygens (including phenoxy) is 1.